The number of nitrogens with one attached hydrogen (secondary N) is 2. The van der Waals surface area contributed by atoms with Crippen LogP contribution in [0.4, 0.5) is 0 Å². The van der Waals surface area contributed by atoms with Crippen molar-refractivity contribution in [3.63, 3.8) is 0 Å². The molecule has 1 saturated carbocycles. The third-order valence-corrected chi connectivity index (χ3v) is 4.26. The summed E-state index contributed by atoms with van der Waals surface area (Å²) in [4.78, 5) is 11.9. The van der Waals surface area contributed by atoms with Crippen LogP contribution in [0.5, 0.6) is 0 Å². The molecule has 18 heavy (non-hydrogen) atoms. The molecule has 2 N–H and O–H groups in total. The Kier molecular flexibility index (Phi) is 3.07. The number of rotatable bonds is 4. The van der Waals surface area contributed by atoms with Crippen LogP contribution in [0, 0.1) is 0 Å². The van der Waals surface area contributed by atoms with Crippen molar-refractivity contribution >= 4 is 5.91 Å². The normalized spacial score (nSPS) is 25.0. The lowest BCUT2D eigenvalue weighted by molar-refractivity contribution is -0.122. The Labute approximate surface area is 106 Å². The SMILES string of the molecule is O=C(CCc1ccon1)NC1CCNC12CCC2. The second-order valence-electron chi connectivity index (χ2n) is 5.34. The van der Waals surface area contributed by atoms with Crippen molar-refractivity contribution in [3.05, 3.63) is 18.0 Å². The average molecular weight is 249 g/mol. The second kappa shape index (κ2) is 4.72. The fraction of sp³-hybridized carbons (Fsp3) is 0.692. The Morgan fingerprint density at radius 3 is 3.17 bits per heavy atom. The molecule has 98 valence electrons. The van der Waals surface area contributed by atoms with Crippen LogP contribution in [0.1, 0.15) is 37.8 Å². The number of aryl methyl sites for hydroxylation is 1. The van der Waals surface area contributed by atoms with Crippen LogP contribution in [0.15, 0.2) is 16.9 Å². The quantitative estimate of drug-likeness (QED) is 0.835. The molecule has 2 heterocycles. The van der Waals surface area contributed by atoms with E-state index in [4.69, 9.17) is 4.52 Å². The first-order valence-electron chi connectivity index (χ1n) is 6.72. The van der Waals surface area contributed by atoms with Gasteiger partial charge in [-0.2, -0.15) is 0 Å². The monoisotopic (exact) mass is 249 g/mol. The first kappa shape index (κ1) is 11.7. The summed E-state index contributed by atoms with van der Waals surface area (Å²) in [7, 11) is 0. The second-order valence-corrected chi connectivity index (χ2v) is 5.34. The summed E-state index contributed by atoms with van der Waals surface area (Å²) in [5.74, 6) is 0.123. The Morgan fingerprint density at radius 1 is 1.61 bits per heavy atom. The van der Waals surface area contributed by atoms with Crippen molar-refractivity contribution in [2.45, 2.75) is 50.1 Å². The Morgan fingerprint density at radius 2 is 2.50 bits per heavy atom. The van der Waals surface area contributed by atoms with E-state index in [9.17, 15) is 4.79 Å². The molecule has 3 rings (SSSR count). The molecule has 1 unspecified atom stereocenters. The van der Waals surface area contributed by atoms with E-state index < -0.39 is 0 Å². The van der Waals surface area contributed by atoms with E-state index in [1.54, 1.807) is 6.07 Å². The van der Waals surface area contributed by atoms with Gasteiger partial charge in [0.25, 0.3) is 0 Å². The molecule has 0 bridgehead atoms. The van der Waals surface area contributed by atoms with E-state index in [-0.39, 0.29) is 11.4 Å². The number of hydrogen-bond acceptors (Lipinski definition) is 4. The molecule has 1 aromatic heterocycles. The summed E-state index contributed by atoms with van der Waals surface area (Å²) < 4.78 is 4.75. The van der Waals surface area contributed by atoms with Crippen molar-refractivity contribution < 1.29 is 9.32 Å². The number of carbonyl (C=O) groups excluding carboxylic acids is 1. The molecule has 5 heteroatoms. The van der Waals surface area contributed by atoms with Crippen LogP contribution in [0.25, 0.3) is 0 Å². The predicted molar refractivity (Wildman–Crippen MR) is 66.0 cm³/mol. The fourth-order valence-electron chi connectivity index (χ4n) is 3.03. The van der Waals surface area contributed by atoms with Crippen LogP contribution < -0.4 is 10.6 Å². The summed E-state index contributed by atoms with van der Waals surface area (Å²) >= 11 is 0. The number of nitrogens with zero attached hydrogens (tertiary/aromatic N) is 1. The first-order valence-corrected chi connectivity index (χ1v) is 6.72. The summed E-state index contributed by atoms with van der Waals surface area (Å²) in [5, 5.41) is 10.5. The maximum atomic E-state index is 11.9. The minimum atomic E-state index is 0.123. The van der Waals surface area contributed by atoms with Crippen LogP contribution in [-0.4, -0.2) is 29.2 Å². The third kappa shape index (κ3) is 2.14. The van der Waals surface area contributed by atoms with Crippen LogP contribution in [0.3, 0.4) is 0 Å². The molecule has 1 atom stereocenters. The summed E-state index contributed by atoms with van der Waals surface area (Å²) in [6.45, 7) is 1.02. The molecule has 0 radical (unpaired) electrons. The van der Waals surface area contributed by atoms with Crippen molar-refractivity contribution in [1.29, 1.82) is 0 Å². The minimum absolute atomic E-state index is 0.123. The van der Waals surface area contributed by atoms with E-state index in [0.29, 0.717) is 18.9 Å². The minimum Gasteiger partial charge on any atom is -0.365 e. The van der Waals surface area contributed by atoms with Crippen molar-refractivity contribution in [1.82, 2.24) is 15.8 Å². The molecular formula is C13H19N3O2. The summed E-state index contributed by atoms with van der Waals surface area (Å²) in [5.41, 5.74) is 1.05. The van der Waals surface area contributed by atoms with Gasteiger partial charge in [0.15, 0.2) is 0 Å². The van der Waals surface area contributed by atoms with Crippen molar-refractivity contribution in [2.24, 2.45) is 0 Å². The van der Waals surface area contributed by atoms with Crippen molar-refractivity contribution in [3.8, 4) is 0 Å². The van der Waals surface area contributed by atoms with E-state index in [2.05, 4.69) is 15.8 Å². The van der Waals surface area contributed by atoms with Gasteiger partial charge in [0.05, 0.1) is 5.69 Å². The fourth-order valence-corrected chi connectivity index (χ4v) is 3.03. The largest absolute Gasteiger partial charge is 0.365 e. The lowest BCUT2D eigenvalue weighted by Gasteiger charge is -2.43. The predicted octanol–water partition coefficient (Wildman–Crippen LogP) is 1.01. The summed E-state index contributed by atoms with van der Waals surface area (Å²) in [6, 6.07) is 2.12. The van der Waals surface area contributed by atoms with Gasteiger partial charge in [-0.25, -0.2) is 0 Å². The lowest BCUT2D eigenvalue weighted by Crippen LogP contribution is -2.59. The zero-order chi connectivity index (χ0) is 12.4. The Balaban J connectivity index is 1.49. The third-order valence-electron chi connectivity index (χ3n) is 4.26. The highest BCUT2D eigenvalue weighted by molar-refractivity contribution is 5.76. The van der Waals surface area contributed by atoms with Gasteiger partial charge in [0.2, 0.25) is 5.91 Å². The number of amides is 1. The molecule has 2 fully saturated rings. The Bertz CT molecular complexity index is 412. The number of aromatic nitrogens is 1. The maximum absolute atomic E-state index is 11.9. The average Bonchev–Trinajstić information content (AvgIpc) is 2.93. The molecule has 0 aromatic carbocycles. The highest BCUT2D eigenvalue weighted by Crippen LogP contribution is 2.39. The molecule has 1 saturated heterocycles. The van der Waals surface area contributed by atoms with Crippen LogP contribution >= 0.6 is 0 Å². The van der Waals surface area contributed by atoms with Gasteiger partial charge in [-0.1, -0.05) is 5.16 Å². The number of hydrogen-bond donors (Lipinski definition) is 2. The van der Waals surface area contributed by atoms with Crippen molar-refractivity contribution in [2.75, 3.05) is 6.54 Å². The molecule has 1 aliphatic carbocycles. The summed E-state index contributed by atoms with van der Waals surface area (Å²) in [6.07, 6.45) is 7.39. The number of carbonyl (C=O) groups is 1. The molecule has 1 aromatic rings. The van der Waals surface area contributed by atoms with E-state index >= 15 is 0 Å². The molecular weight excluding hydrogens is 230 g/mol. The van der Waals surface area contributed by atoms with Gasteiger partial charge in [0, 0.05) is 30.5 Å². The zero-order valence-electron chi connectivity index (χ0n) is 10.4. The molecule has 5 nitrogen and oxygen atoms in total. The Hall–Kier alpha value is -1.36. The molecule has 2 aliphatic rings. The standard InChI is InChI=1S/C13H19N3O2/c17-12(3-2-10-5-9-18-16-10)15-11-4-8-14-13(11)6-1-7-13/h5,9,11,14H,1-4,6-8H2,(H,15,17). The first-order chi connectivity index (χ1) is 8.78. The van der Waals surface area contributed by atoms with Crippen LogP contribution in [-0.2, 0) is 11.2 Å². The van der Waals surface area contributed by atoms with Crippen LogP contribution in [0.2, 0.25) is 0 Å². The maximum Gasteiger partial charge on any atom is 0.220 e. The van der Waals surface area contributed by atoms with E-state index in [1.165, 1.54) is 25.5 Å². The van der Waals surface area contributed by atoms with E-state index in [1.807, 2.05) is 0 Å². The van der Waals surface area contributed by atoms with Gasteiger partial charge in [-0.15, -0.1) is 0 Å². The van der Waals surface area contributed by atoms with Gasteiger partial charge in [-0.3, -0.25) is 4.79 Å². The van der Waals surface area contributed by atoms with Gasteiger partial charge in [-0.05, 0) is 32.2 Å². The molecule has 1 spiro atoms. The van der Waals surface area contributed by atoms with Gasteiger partial charge < -0.3 is 15.2 Å². The van der Waals surface area contributed by atoms with Gasteiger partial charge >= 0.3 is 0 Å². The topological polar surface area (TPSA) is 67.2 Å². The van der Waals surface area contributed by atoms with Gasteiger partial charge in [0.1, 0.15) is 6.26 Å². The van der Waals surface area contributed by atoms with E-state index in [0.717, 1.165) is 18.7 Å². The molecule has 1 aliphatic heterocycles. The lowest BCUT2D eigenvalue weighted by atomic mass is 9.73. The highest BCUT2D eigenvalue weighted by atomic mass is 16.5. The smallest absolute Gasteiger partial charge is 0.220 e. The zero-order valence-corrected chi connectivity index (χ0v) is 10.4. The highest BCUT2D eigenvalue weighted by Gasteiger charge is 2.47. The molecule has 1 amide bonds.